The Bertz CT molecular complexity index is 1040. The Kier molecular flexibility index (Phi) is 4.63. The molecule has 0 spiro atoms. The quantitative estimate of drug-likeness (QED) is 0.649. The van der Waals surface area contributed by atoms with E-state index >= 15 is 0 Å². The maximum absolute atomic E-state index is 12.2. The predicted molar refractivity (Wildman–Crippen MR) is 102 cm³/mol. The summed E-state index contributed by atoms with van der Waals surface area (Å²) in [5.41, 5.74) is 2.39. The summed E-state index contributed by atoms with van der Waals surface area (Å²) in [5.74, 6) is 0.433. The molecular weight excluding hydrogens is 364 g/mol. The highest BCUT2D eigenvalue weighted by atomic mass is 32.2. The minimum absolute atomic E-state index is 0.0838. The first-order valence-corrected chi connectivity index (χ1v) is 10.3. The van der Waals surface area contributed by atoms with Gasteiger partial charge < -0.3 is 9.88 Å². The number of aryl methyl sites for hydroxylation is 1. The molecule has 0 bridgehead atoms. The summed E-state index contributed by atoms with van der Waals surface area (Å²) < 4.78 is 29.1. The summed E-state index contributed by atoms with van der Waals surface area (Å²) in [6.45, 7) is 2.84. The van der Waals surface area contributed by atoms with Gasteiger partial charge in [-0.1, -0.05) is 0 Å². The highest BCUT2D eigenvalue weighted by Crippen LogP contribution is 2.24. The summed E-state index contributed by atoms with van der Waals surface area (Å²) in [5, 5.41) is 3.11. The second-order valence-electron chi connectivity index (χ2n) is 6.38. The summed E-state index contributed by atoms with van der Waals surface area (Å²) in [4.78, 5) is 13.2. The highest BCUT2D eigenvalue weighted by Gasteiger charge is 2.27. The zero-order valence-corrected chi connectivity index (χ0v) is 15.6. The Labute approximate surface area is 157 Å². The van der Waals surface area contributed by atoms with E-state index in [0.717, 1.165) is 30.8 Å². The fourth-order valence-corrected chi connectivity index (χ4v) is 3.99. The van der Waals surface area contributed by atoms with E-state index in [1.807, 2.05) is 17.6 Å². The molecule has 1 aromatic carbocycles. The fourth-order valence-electron chi connectivity index (χ4n) is 2.68. The van der Waals surface area contributed by atoms with E-state index in [9.17, 15) is 8.42 Å². The van der Waals surface area contributed by atoms with Crippen molar-refractivity contribution in [3.05, 3.63) is 49.1 Å². The number of benzene rings is 1. The SMILES string of the molecule is CCn1cncc1-c1ccnc(Nc2ccc(S(=O)(=O)NC3CC3)cc2)n1. The van der Waals surface area contributed by atoms with Gasteiger partial charge in [-0.3, -0.25) is 0 Å². The summed E-state index contributed by atoms with van der Waals surface area (Å²) in [7, 11) is -3.45. The number of hydrogen-bond donors (Lipinski definition) is 2. The Morgan fingerprint density at radius 2 is 1.96 bits per heavy atom. The standard InChI is InChI=1S/C18H20N6O2S/c1-2-24-12-19-11-17(24)16-9-10-20-18(22-16)21-13-5-7-15(8-6-13)27(25,26)23-14-3-4-14/h5-12,14,23H,2-4H2,1H3,(H,20,21,22). The van der Waals surface area contributed by atoms with Crippen molar-refractivity contribution in [3.63, 3.8) is 0 Å². The monoisotopic (exact) mass is 384 g/mol. The maximum Gasteiger partial charge on any atom is 0.240 e. The van der Waals surface area contributed by atoms with Gasteiger partial charge in [0.15, 0.2) is 0 Å². The number of nitrogens with one attached hydrogen (secondary N) is 2. The van der Waals surface area contributed by atoms with Gasteiger partial charge in [-0.25, -0.2) is 28.1 Å². The third-order valence-electron chi connectivity index (χ3n) is 4.29. The molecule has 2 heterocycles. The van der Waals surface area contributed by atoms with Gasteiger partial charge in [0.25, 0.3) is 0 Å². The van der Waals surface area contributed by atoms with E-state index in [1.54, 1.807) is 43.0 Å². The molecule has 140 valence electrons. The molecule has 1 aliphatic carbocycles. The lowest BCUT2D eigenvalue weighted by molar-refractivity contribution is 0.581. The van der Waals surface area contributed by atoms with Gasteiger partial charge in [-0.15, -0.1) is 0 Å². The minimum atomic E-state index is -3.45. The molecule has 2 aromatic heterocycles. The molecule has 2 N–H and O–H groups in total. The number of anilines is 2. The Balaban J connectivity index is 1.52. The van der Waals surface area contributed by atoms with Gasteiger partial charge in [-0.2, -0.15) is 0 Å². The van der Waals surface area contributed by atoms with Crippen LogP contribution in [0.3, 0.4) is 0 Å². The van der Waals surface area contributed by atoms with Gasteiger partial charge in [0, 0.05) is 24.5 Å². The number of sulfonamides is 1. The van der Waals surface area contributed by atoms with E-state index in [1.165, 1.54) is 0 Å². The smallest absolute Gasteiger partial charge is 0.240 e. The summed E-state index contributed by atoms with van der Waals surface area (Å²) in [6, 6.07) is 8.46. The molecule has 0 atom stereocenters. The molecule has 0 radical (unpaired) electrons. The molecule has 4 rings (SSSR count). The Morgan fingerprint density at radius 3 is 2.67 bits per heavy atom. The van der Waals surface area contributed by atoms with Crippen LogP contribution in [0.25, 0.3) is 11.4 Å². The molecule has 8 nitrogen and oxygen atoms in total. The number of aromatic nitrogens is 4. The zero-order valence-electron chi connectivity index (χ0n) is 14.8. The predicted octanol–water partition coefficient (Wildman–Crippen LogP) is 2.54. The number of imidazole rings is 1. The minimum Gasteiger partial charge on any atom is -0.330 e. The van der Waals surface area contributed by atoms with Gasteiger partial charge in [-0.05, 0) is 50.1 Å². The van der Waals surface area contributed by atoms with Crippen LogP contribution >= 0.6 is 0 Å². The second-order valence-corrected chi connectivity index (χ2v) is 8.09. The normalized spacial score (nSPS) is 14.3. The molecule has 1 saturated carbocycles. The largest absolute Gasteiger partial charge is 0.330 e. The van der Waals surface area contributed by atoms with Crippen molar-refractivity contribution in [1.82, 2.24) is 24.2 Å². The van der Waals surface area contributed by atoms with Crippen molar-refractivity contribution in [2.45, 2.75) is 37.2 Å². The molecule has 27 heavy (non-hydrogen) atoms. The third kappa shape index (κ3) is 3.99. The van der Waals surface area contributed by atoms with Gasteiger partial charge in [0.05, 0.1) is 28.8 Å². The van der Waals surface area contributed by atoms with Crippen LogP contribution in [0.15, 0.2) is 53.9 Å². The molecule has 3 aromatic rings. The zero-order chi connectivity index (χ0) is 18.9. The van der Waals surface area contributed by atoms with Gasteiger partial charge in [0.1, 0.15) is 0 Å². The molecule has 9 heteroatoms. The Morgan fingerprint density at radius 1 is 1.19 bits per heavy atom. The molecule has 0 unspecified atom stereocenters. The van der Waals surface area contributed by atoms with Crippen molar-refractivity contribution < 1.29 is 8.42 Å². The highest BCUT2D eigenvalue weighted by molar-refractivity contribution is 7.89. The fraction of sp³-hybridized carbons (Fsp3) is 0.278. The van der Waals surface area contributed by atoms with Gasteiger partial charge in [0.2, 0.25) is 16.0 Å². The first-order chi connectivity index (χ1) is 13.0. The van der Waals surface area contributed by atoms with Crippen LogP contribution < -0.4 is 10.0 Å². The topological polar surface area (TPSA) is 102 Å². The van der Waals surface area contributed by atoms with Crippen LogP contribution in [0.2, 0.25) is 0 Å². The Hall–Kier alpha value is -2.78. The third-order valence-corrected chi connectivity index (χ3v) is 5.83. The number of rotatable bonds is 7. The lowest BCUT2D eigenvalue weighted by atomic mass is 10.3. The summed E-state index contributed by atoms with van der Waals surface area (Å²) >= 11 is 0. The number of hydrogen-bond acceptors (Lipinski definition) is 6. The van der Waals surface area contributed by atoms with Crippen LogP contribution in [0, 0.1) is 0 Å². The van der Waals surface area contributed by atoms with Crippen LogP contribution in [-0.4, -0.2) is 34.0 Å². The molecule has 0 aliphatic heterocycles. The van der Waals surface area contributed by atoms with Crippen molar-refractivity contribution in [1.29, 1.82) is 0 Å². The average Bonchev–Trinajstić information content (AvgIpc) is 3.33. The summed E-state index contributed by atoms with van der Waals surface area (Å²) in [6.07, 6.45) is 7.02. The van der Waals surface area contributed by atoms with Gasteiger partial charge >= 0.3 is 0 Å². The van der Waals surface area contributed by atoms with E-state index in [2.05, 4.69) is 25.0 Å². The average molecular weight is 384 g/mol. The molecule has 1 aliphatic rings. The molecule has 1 fully saturated rings. The van der Waals surface area contributed by atoms with E-state index in [4.69, 9.17) is 0 Å². The first kappa shape index (κ1) is 17.6. The van der Waals surface area contributed by atoms with Crippen LogP contribution in [-0.2, 0) is 16.6 Å². The van der Waals surface area contributed by atoms with Crippen molar-refractivity contribution in [2.75, 3.05) is 5.32 Å². The van der Waals surface area contributed by atoms with Crippen molar-refractivity contribution in [3.8, 4) is 11.4 Å². The van der Waals surface area contributed by atoms with E-state index in [0.29, 0.717) is 11.6 Å². The molecule has 0 amide bonds. The lowest BCUT2D eigenvalue weighted by Crippen LogP contribution is -2.25. The second kappa shape index (κ2) is 7.09. The molecule has 0 saturated heterocycles. The maximum atomic E-state index is 12.2. The van der Waals surface area contributed by atoms with Crippen LogP contribution in [0.1, 0.15) is 19.8 Å². The number of nitrogens with zero attached hydrogens (tertiary/aromatic N) is 4. The van der Waals surface area contributed by atoms with E-state index < -0.39 is 10.0 Å². The van der Waals surface area contributed by atoms with Crippen LogP contribution in [0.4, 0.5) is 11.6 Å². The lowest BCUT2D eigenvalue weighted by Gasteiger charge is -2.09. The molecular formula is C18H20N6O2S. The van der Waals surface area contributed by atoms with Crippen LogP contribution in [0.5, 0.6) is 0 Å². The van der Waals surface area contributed by atoms with Crippen molar-refractivity contribution >= 4 is 21.7 Å². The van der Waals surface area contributed by atoms with Crippen molar-refractivity contribution in [2.24, 2.45) is 0 Å². The van der Waals surface area contributed by atoms with E-state index in [-0.39, 0.29) is 10.9 Å². The first-order valence-electron chi connectivity index (χ1n) is 8.78.